The number of aryl methyl sites for hydroxylation is 1. The molecular formula is C21H23N5O3. The zero-order valence-electron chi connectivity index (χ0n) is 16.3. The Morgan fingerprint density at radius 1 is 1.17 bits per heavy atom. The number of rotatable bonds is 2. The summed E-state index contributed by atoms with van der Waals surface area (Å²) in [6.07, 6.45) is 5.41. The molecule has 1 saturated heterocycles. The number of hydrogen-bond donors (Lipinski definition) is 0. The first-order valence-corrected chi connectivity index (χ1v) is 9.93. The van der Waals surface area contributed by atoms with Gasteiger partial charge in [-0.25, -0.2) is 5.06 Å². The van der Waals surface area contributed by atoms with Crippen LogP contribution in [0.25, 0.3) is 10.9 Å². The van der Waals surface area contributed by atoms with Gasteiger partial charge in [-0.1, -0.05) is 18.2 Å². The minimum atomic E-state index is -0.578. The predicted octanol–water partition coefficient (Wildman–Crippen LogP) is 2.13. The molecule has 1 atom stereocenters. The standard InChI is InChI=1S/C21H23N5O3/c1-23-13-17(16-6-2-3-7-18(16)23)20(27)24-12-15-8-9-22-26(15)19(14-24)21(28)25-10-4-5-11-29-25/h2-3,6-9,13,19H,4-5,10-12,14H2,1H3/t19-/m1/s1. The van der Waals surface area contributed by atoms with Gasteiger partial charge in [0.2, 0.25) is 0 Å². The van der Waals surface area contributed by atoms with E-state index in [4.69, 9.17) is 4.84 Å². The summed E-state index contributed by atoms with van der Waals surface area (Å²) in [6.45, 7) is 1.81. The van der Waals surface area contributed by atoms with Crippen molar-refractivity contribution in [2.75, 3.05) is 19.7 Å². The maximum absolute atomic E-state index is 13.4. The van der Waals surface area contributed by atoms with Gasteiger partial charge in [0.15, 0.2) is 6.04 Å². The monoisotopic (exact) mass is 393 g/mol. The molecule has 2 aliphatic rings. The second kappa shape index (κ2) is 7.04. The van der Waals surface area contributed by atoms with Gasteiger partial charge < -0.3 is 9.47 Å². The number of amides is 2. The van der Waals surface area contributed by atoms with Crippen molar-refractivity contribution in [2.24, 2.45) is 7.05 Å². The molecule has 8 heteroatoms. The van der Waals surface area contributed by atoms with Gasteiger partial charge in [0.05, 0.1) is 31.0 Å². The Labute approximate surface area is 168 Å². The fourth-order valence-corrected chi connectivity index (χ4v) is 4.25. The smallest absolute Gasteiger partial charge is 0.272 e. The SMILES string of the molecule is Cn1cc(C(=O)N2Cc3ccnn3[C@@H](C(=O)N3CCCCO3)C2)c2ccccc21. The first-order chi connectivity index (χ1) is 14.1. The van der Waals surface area contributed by atoms with Crippen LogP contribution >= 0.6 is 0 Å². The minimum absolute atomic E-state index is 0.0772. The van der Waals surface area contributed by atoms with Crippen LogP contribution in [0.1, 0.15) is 34.9 Å². The van der Waals surface area contributed by atoms with Crippen LogP contribution in [-0.4, -0.2) is 55.8 Å². The van der Waals surface area contributed by atoms with Gasteiger partial charge in [-0.3, -0.25) is 19.1 Å². The number of benzene rings is 1. The van der Waals surface area contributed by atoms with E-state index in [0.717, 1.165) is 29.4 Å². The van der Waals surface area contributed by atoms with Crippen molar-refractivity contribution in [1.29, 1.82) is 0 Å². The summed E-state index contributed by atoms with van der Waals surface area (Å²) in [7, 11) is 1.93. The van der Waals surface area contributed by atoms with E-state index >= 15 is 0 Å². The first-order valence-electron chi connectivity index (χ1n) is 9.93. The number of carbonyl (C=O) groups is 2. The highest BCUT2D eigenvalue weighted by Crippen LogP contribution is 2.27. The summed E-state index contributed by atoms with van der Waals surface area (Å²) < 4.78 is 3.69. The fourth-order valence-electron chi connectivity index (χ4n) is 4.25. The van der Waals surface area contributed by atoms with Crippen molar-refractivity contribution >= 4 is 22.7 Å². The molecule has 2 amide bonds. The van der Waals surface area contributed by atoms with Gasteiger partial charge in [-0.15, -0.1) is 0 Å². The quantitative estimate of drug-likeness (QED) is 0.669. The van der Waals surface area contributed by atoms with E-state index in [0.29, 0.717) is 25.3 Å². The Morgan fingerprint density at radius 3 is 2.86 bits per heavy atom. The van der Waals surface area contributed by atoms with E-state index in [1.54, 1.807) is 15.8 Å². The van der Waals surface area contributed by atoms with E-state index in [-0.39, 0.29) is 18.4 Å². The second-order valence-electron chi connectivity index (χ2n) is 7.62. The predicted molar refractivity (Wildman–Crippen MR) is 106 cm³/mol. The molecule has 1 aromatic carbocycles. The third-order valence-corrected chi connectivity index (χ3v) is 5.74. The molecule has 4 heterocycles. The topological polar surface area (TPSA) is 72.6 Å². The third kappa shape index (κ3) is 3.00. The largest absolute Gasteiger partial charge is 0.350 e. The molecule has 0 bridgehead atoms. The van der Waals surface area contributed by atoms with Gasteiger partial charge in [0.1, 0.15) is 0 Å². The van der Waals surface area contributed by atoms with E-state index in [2.05, 4.69) is 5.10 Å². The molecule has 0 radical (unpaired) electrons. The number of hydrogen-bond acceptors (Lipinski definition) is 4. The molecule has 3 aromatic rings. The normalized spacial score (nSPS) is 19.4. The number of nitrogens with zero attached hydrogens (tertiary/aromatic N) is 5. The maximum atomic E-state index is 13.4. The highest BCUT2D eigenvalue weighted by Gasteiger charge is 2.37. The van der Waals surface area contributed by atoms with Crippen LogP contribution in [0.2, 0.25) is 0 Å². The van der Waals surface area contributed by atoms with Gasteiger partial charge >= 0.3 is 0 Å². The lowest BCUT2D eigenvalue weighted by Crippen LogP contribution is -2.49. The molecule has 5 rings (SSSR count). The third-order valence-electron chi connectivity index (χ3n) is 5.74. The number of para-hydroxylation sites is 1. The van der Waals surface area contributed by atoms with E-state index in [9.17, 15) is 9.59 Å². The summed E-state index contributed by atoms with van der Waals surface area (Å²) >= 11 is 0. The van der Waals surface area contributed by atoms with Crippen LogP contribution in [0.3, 0.4) is 0 Å². The minimum Gasteiger partial charge on any atom is -0.350 e. The van der Waals surface area contributed by atoms with Crippen LogP contribution in [0.5, 0.6) is 0 Å². The van der Waals surface area contributed by atoms with Gasteiger partial charge in [0.25, 0.3) is 11.8 Å². The molecule has 0 aliphatic carbocycles. The van der Waals surface area contributed by atoms with Crippen LogP contribution in [-0.2, 0) is 23.2 Å². The lowest BCUT2D eigenvalue weighted by Gasteiger charge is -2.36. The Bertz CT molecular complexity index is 1080. The van der Waals surface area contributed by atoms with Crippen molar-refractivity contribution in [3.8, 4) is 0 Å². The highest BCUT2D eigenvalue weighted by molar-refractivity contribution is 6.07. The first kappa shape index (κ1) is 17.9. The van der Waals surface area contributed by atoms with E-state index < -0.39 is 6.04 Å². The van der Waals surface area contributed by atoms with Crippen molar-refractivity contribution in [1.82, 2.24) is 24.3 Å². The molecule has 29 heavy (non-hydrogen) atoms. The average molecular weight is 393 g/mol. The van der Waals surface area contributed by atoms with E-state index in [1.807, 2.05) is 48.1 Å². The Balaban J connectivity index is 1.47. The average Bonchev–Trinajstić information content (AvgIpc) is 3.37. The zero-order valence-corrected chi connectivity index (χ0v) is 16.3. The number of aromatic nitrogens is 3. The van der Waals surface area contributed by atoms with Crippen molar-refractivity contribution < 1.29 is 14.4 Å². The number of carbonyl (C=O) groups excluding carboxylic acids is 2. The zero-order chi connectivity index (χ0) is 20.0. The summed E-state index contributed by atoms with van der Waals surface area (Å²) in [6, 6.07) is 9.14. The molecule has 8 nitrogen and oxygen atoms in total. The molecule has 150 valence electrons. The van der Waals surface area contributed by atoms with Crippen LogP contribution in [0, 0.1) is 0 Å². The van der Waals surface area contributed by atoms with Gasteiger partial charge in [0, 0.05) is 36.9 Å². The maximum Gasteiger partial charge on any atom is 0.272 e. The lowest BCUT2D eigenvalue weighted by molar-refractivity contribution is -0.201. The van der Waals surface area contributed by atoms with Gasteiger partial charge in [-0.05, 0) is 25.0 Å². The number of hydroxylamine groups is 2. The van der Waals surface area contributed by atoms with Crippen molar-refractivity contribution in [2.45, 2.75) is 25.4 Å². The Kier molecular flexibility index (Phi) is 4.35. The van der Waals surface area contributed by atoms with Crippen LogP contribution in [0.4, 0.5) is 0 Å². The molecule has 1 fully saturated rings. The lowest BCUT2D eigenvalue weighted by atomic mass is 10.1. The molecule has 2 aromatic heterocycles. The summed E-state index contributed by atoms with van der Waals surface area (Å²) in [5.74, 6) is -0.225. The highest BCUT2D eigenvalue weighted by atomic mass is 16.7. The Morgan fingerprint density at radius 2 is 2.03 bits per heavy atom. The van der Waals surface area contributed by atoms with Crippen LogP contribution < -0.4 is 0 Å². The molecule has 0 saturated carbocycles. The summed E-state index contributed by atoms with van der Waals surface area (Å²) in [4.78, 5) is 33.9. The molecule has 0 unspecified atom stereocenters. The summed E-state index contributed by atoms with van der Waals surface area (Å²) in [5, 5.41) is 6.70. The molecular weight excluding hydrogens is 370 g/mol. The fraction of sp³-hybridized carbons (Fsp3) is 0.381. The summed E-state index contributed by atoms with van der Waals surface area (Å²) in [5.41, 5.74) is 2.50. The van der Waals surface area contributed by atoms with Crippen LogP contribution in [0.15, 0.2) is 42.7 Å². The van der Waals surface area contributed by atoms with E-state index in [1.165, 1.54) is 5.06 Å². The molecule has 0 N–H and O–H groups in total. The molecule has 2 aliphatic heterocycles. The Hall–Kier alpha value is -3.13. The molecule has 0 spiro atoms. The van der Waals surface area contributed by atoms with Crippen molar-refractivity contribution in [3.05, 3.63) is 54.0 Å². The van der Waals surface area contributed by atoms with Crippen molar-refractivity contribution in [3.63, 3.8) is 0 Å². The van der Waals surface area contributed by atoms with Gasteiger partial charge in [-0.2, -0.15) is 5.10 Å². The number of fused-ring (bicyclic) bond motifs is 2. The second-order valence-corrected chi connectivity index (χ2v) is 7.62.